The second-order valence-corrected chi connectivity index (χ2v) is 18.0. The van der Waals surface area contributed by atoms with Crippen molar-refractivity contribution in [1.29, 1.82) is 0 Å². The van der Waals surface area contributed by atoms with E-state index in [1.807, 2.05) is 30.3 Å². The zero-order chi connectivity index (χ0) is 31.2. The van der Waals surface area contributed by atoms with Gasteiger partial charge in [-0.3, -0.25) is 9.59 Å². The van der Waals surface area contributed by atoms with Crippen LogP contribution in [0.15, 0.2) is 40.4 Å². The van der Waals surface area contributed by atoms with Crippen LogP contribution >= 0.6 is 15.9 Å². The molecule has 4 saturated carbocycles. The molecule has 43 heavy (non-hydrogen) atoms. The lowest BCUT2D eigenvalue weighted by Crippen LogP contribution is -2.66. The van der Waals surface area contributed by atoms with Crippen LogP contribution in [-0.4, -0.2) is 17.8 Å². The highest BCUT2D eigenvalue weighted by Gasteiger charge is 2.71. The Morgan fingerprint density at radius 2 is 1.63 bits per heavy atom. The number of benzene rings is 1. The maximum absolute atomic E-state index is 14.3. The molecule has 0 aliphatic heterocycles. The molecular weight excluding hydrogens is 598 g/mol. The molecule has 1 aromatic rings. The first kappa shape index (κ1) is 31.1. The normalized spacial score (nSPS) is 42.9. The van der Waals surface area contributed by atoms with Crippen molar-refractivity contribution in [2.45, 2.75) is 119 Å². The second kappa shape index (κ2) is 10.0. The Balaban J connectivity index is 1.42. The van der Waals surface area contributed by atoms with Crippen LogP contribution in [0.5, 0.6) is 0 Å². The molecule has 0 N–H and O–H groups in total. The van der Waals surface area contributed by atoms with Gasteiger partial charge < -0.3 is 9.58 Å². The van der Waals surface area contributed by atoms with Gasteiger partial charge in [-0.15, -0.1) is 0 Å². The first-order chi connectivity index (χ1) is 20.1. The van der Waals surface area contributed by atoms with E-state index in [4.69, 9.17) is 11.3 Å². The third-order valence-corrected chi connectivity index (χ3v) is 14.9. The molecule has 3 unspecified atom stereocenters. The Labute approximate surface area is 267 Å². The van der Waals surface area contributed by atoms with Gasteiger partial charge in [0.2, 0.25) is 5.78 Å². The van der Waals surface area contributed by atoms with Gasteiger partial charge in [0.15, 0.2) is 0 Å². The number of allylic oxidation sites excluding steroid dienone is 2. The van der Waals surface area contributed by atoms with Gasteiger partial charge in [-0.1, -0.05) is 94.7 Å². The van der Waals surface area contributed by atoms with Crippen LogP contribution in [0.2, 0.25) is 0 Å². The summed E-state index contributed by atoms with van der Waals surface area (Å²) in [7, 11) is 0. The highest BCUT2D eigenvalue weighted by molar-refractivity contribution is 9.11. The van der Waals surface area contributed by atoms with E-state index in [0.717, 1.165) is 56.9 Å². The number of ketones is 1. The summed E-state index contributed by atoms with van der Waals surface area (Å²) < 4.78 is 7.47. The topological polar surface area (TPSA) is 47.7 Å². The zero-order valence-corrected chi connectivity index (χ0v) is 28.9. The first-order valence-corrected chi connectivity index (χ1v) is 17.4. The Kier molecular flexibility index (Phi) is 7.25. The number of hydrogen-bond acceptors (Lipinski definition) is 3. The van der Waals surface area contributed by atoms with E-state index in [1.54, 1.807) is 0 Å². The third kappa shape index (κ3) is 4.31. The van der Waals surface area contributed by atoms with Crippen molar-refractivity contribution in [2.75, 3.05) is 0 Å². The van der Waals surface area contributed by atoms with Gasteiger partial charge in [0.1, 0.15) is 6.61 Å². The molecule has 5 aliphatic carbocycles. The Bertz CT molecular complexity index is 1410. The summed E-state index contributed by atoms with van der Waals surface area (Å²) in [5, 5.41) is 0. The number of carbonyl (C=O) groups excluding carboxylic acids is 2. The minimum Gasteiger partial charge on any atom is -0.460 e. The molecule has 5 heteroatoms. The summed E-state index contributed by atoms with van der Waals surface area (Å²) in [6, 6.07) is 9.50. The van der Waals surface area contributed by atoms with Gasteiger partial charge >= 0.3 is 5.97 Å². The summed E-state index contributed by atoms with van der Waals surface area (Å²) in [5.41, 5.74) is 1.56. The number of hydrogen-bond donors (Lipinski definition) is 0. The largest absolute Gasteiger partial charge is 0.460 e. The van der Waals surface area contributed by atoms with E-state index in [0.29, 0.717) is 18.9 Å². The highest BCUT2D eigenvalue weighted by Crippen LogP contribution is 2.77. The molecule has 4 fully saturated rings. The minimum atomic E-state index is -0.548. The predicted octanol–water partition coefficient (Wildman–Crippen LogP) is 9.72. The van der Waals surface area contributed by atoms with Crippen LogP contribution in [0.4, 0.5) is 0 Å². The maximum Gasteiger partial charge on any atom is 0.313 e. The molecule has 0 bridgehead atoms. The molecule has 0 amide bonds. The summed E-state index contributed by atoms with van der Waals surface area (Å²) >= 11 is 4.21. The van der Waals surface area contributed by atoms with E-state index in [2.05, 4.69) is 69.2 Å². The molecule has 0 radical (unpaired) electrons. The van der Waals surface area contributed by atoms with Gasteiger partial charge in [0.25, 0.3) is 6.04 Å². The van der Waals surface area contributed by atoms with E-state index in [-0.39, 0.29) is 45.2 Å². The van der Waals surface area contributed by atoms with E-state index in [9.17, 15) is 9.59 Å². The van der Waals surface area contributed by atoms with Crippen LogP contribution < -0.4 is 0 Å². The number of halogens is 1. The molecule has 8 atom stereocenters. The summed E-state index contributed by atoms with van der Waals surface area (Å²) in [6.45, 7) is 24.7. The van der Waals surface area contributed by atoms with Crippen molar-refractivity contribution in [3.05, 3.63) is 57.4 Å². The number of nitrogens with zero attached hydrogens (tertiary/aromatic N) is 1. The summed E-state index contributed by atoms with van der Waals surface area (Å²) in [6.07, 6.45) is 8.43. The van der Waals surface area contributed by atoms with Gasteiger partial charge in [-0.05, 0) is 106 Å². The fraction of sp³-hybridized carbons (Fsp3) is 0.711. The fourth-order valence-electron chi connectivity index (χ4n) is 11.6. The molecule has 0 spiro atoms. The molecule has 232 valence electrons. The summed E-state index contributed by atoms with van der Waals surface area (Å²) in [5.74, 6) is 0.927. The molecular formula is C38H50BrNO3. The lowest BCUT2D eigenvalue weighted by atomic mass is 9.33. The lowest BCUT2D eigenvalue weighted by molar-refractivity contribution is -0.192. The fourth-order valence-corrected chi connectivity index (χ4v) is 12.6. The van der Waals surface area contributed by atoms with Gasteiger partial charge in [-0.2, -0.15) is 0 Å². The Morgan fingerprint density at radius 1 is 0.953 bits per heavy atom. The Hall–Kier alpha value is -1.93. The van der Waals surface area contributed by atoms with E-state index >= 15 is 0 Å². The second-order valence-electron chi connectivity index (χ2n) is 17.0. The van der Waals surface area contributed by atoms with E-state index in [1.165, 1.54) is 10.1 Å². The standard InChI is InChI=1S/C38H50BrNO3/c1-33(2)16-18-38(32(42)43-23-24-12-10-9-11-13-24)19-17-37(7)30(25(38)21-33)26(39)20-29-35(5)22-27(40-8)31(41)34(3,4)28(35)14-15-36(29,37)6/h9-13,25,27-29H,14-23H2,1-7H3/t25-,27?,28?,29?,35-,36+,37+,38-/m0/s1. The van der Waals surface area contributed by atoms with Crippen molar-refractivity contribution in [3.8, 4) is 0 Å². The molecule has 5 aliphatic rings. The zero-order valence-electron chi connectivity index (χ0n) is 27.3. The van der Waals surface area contributed by atoms with Gasteiger partial charge in [-0.25, -0.2) is 6.57 Å². The number of fused-ring (bicyclic) bond motifs is 7. The smallest absolute Gasteiger partial charge is 0.313 e. The average molecular weight is 649 g/mol. The SMILES string of the molecule is [C-]#[N+]C1C[C@@]2(C)C(CC[C@]3(C)C2CC(Br)=C2[C@@H]4CC(C)(C)CC[C@]4(C(=O)OCc4ccccc4)CC[C@]23C)C(C)(C)C1=O. The van der Waals surface area contributed by atoms with Crippen LogP contribution in [-0.2, 0) is 20.9 Å². The maximum atomic E-state index is 14.3. The van der Waals surface area contributed by atoms with Gasteiger partial charge in [0, 0.05) is 11.8 Å². The van der Waals surface area contributed by atoms with Crippen molar-refractivity contribution >= 4 is 27.7 Å². The molecule has 0 aromatic heterocycles. The van der Waals surface area contributed by atoms with Crippen LogP contribution in [0.25, 0.3) is 4.85 Å². The van der Waals surface area contributed by atoms with Crippen molar-refractivity contribution in [2.24, 2.45) is 50.2 Å². The van der Waals surface area contributed by atoms with E-state index < -0.39 is 16.9 Å². The molecule has 1 aromatic carbocycles. The number of ether oxygens (including phenoxy) is 1. The first-order valence-electron chi connectivity index (χ1n) is 16.6. The van der Waals surface area contributed by atoms with Crippen molar-refractivity contribution in [3.63, 3.8) is 0 Å². The molecule has 4 nitrogen and oxygen atoms in total. The Morgan fingerprint density at radius 3 is 2.30 bits per heavy atom. The van der Waals surface area contributed by atoms with Gasteiger partial charge in [0.05, 0.1) is 5.41 Å². The van der Waals surface area contributed by atoms with Crippen molar-refractivity contribution in [1.82, 2.24) is 0 Å². The van der Waals surface area contributed by atoms with Crippen LogP contribution in [0.3, 0.4) is 0 Å². The quantitative estimate of drug-likeness (QED) is 0.242. The predicted molar refractivity (Wildman–Crippen MR) is 174 cm³/mol. The van der Waals surface area contributed by atoms with Crippen LogP contribution in [0.1, 0.15) is 112 Å². The number of carbonyl (C=O) groups is 2. The lowest BCUT2D eigenvalue weighted by Gasteiger charge is -2.70. The monoisotopic (exact) mass is 647 g/mol. The third-order valence-electron chi connectivity index (χ3n) is 14.2. The summed E-state index contributed by atoms with van der Waals surface area (Å²) in [4.78, 5) is 31.6. The number of esters is 1. The number of Topliss-reactive ketones (excluding diaryl/α,β-unsaturated/α-hetero) is 1. The van der Waals surface area contributed by atoms with Crippen LogP contribution in [0, 0.1) is 56.8 Å². The molecule has 0 heterocycles. The average Bonchev–Trinajstić information content (AvgIpc) is 2.95. The number of rotatable bonds is 3. The molecule has 0 saturated heterocycles. The minimum absolute atomic E-state index is 0.0120. The highest BCUT2D eigenvalue weighted by atomic mass is 79.9. The van der Waals surface area contributed by atoms with Crippen molar-refractivity contribution < 1.29 is 14.3 Å². The molecule has 6 rings (SSSR count).